The van der Waals surface area contributed by atoms with E-state index in [-0.39, 0.29) is 0 Å². The van der Waals surface area contributed by atoms with Gasteiger partial charge in [-0.15, -0.1) is 0 Å². The summed E-state index contributed by atoms with van der Waals surface area (Å²) in [5, 5.41) is 1.33. The Morgan fingerprint density at radius 2 is 2.30 bits per heavy atom. The van der Waals surface area contributed by atoms with Crippen molar-refractivity contribution in [1.29, 1.82) is 0 Å². The molecule has 20 heavy (non-hydrogen) atoms. The molecule has 5 heteroatoms. The Balaban J connectivity index is 1.87. The van der Waals surface area contributed by atoms with E-state index in [1.54, 1.807) is 7.11 Å². The summed E-state index contributed by atoms with van der Waals surface area (Å²) in [4.78, 5) is 0. The Bertz CT molecular complexity index is 433. The zero-order valence-corrected chi connectivity index (χ0v) is 14.0. The molecule has 2 rings (SSSR count). The molecular weight excluding hydrogens is 344 g/mol. The lowest BCUT2D eigenvalue weighted by molar-refractivity contribution is 0.0980. The largest absolute Gasteiger partial charge is 0.493 e. The first kappa shape index (κ1) is 15.9. The average Bonchev–Trinajstić information content (AvgIpc) is 2.97. The van der Waals surface area contributed by atoms with E-state index in [4.69, 9.17) is 25.8 Å². The fourth-order valence-electron chi connectivity index (χ4n) is 2.35. The van der Waals surface area contributed by atoms with Crippen molar-refractivity contribution < 1.29 is 14.2 Å². The molecule has 1 heterocycles. The molecule has 0 spiro atoms. The van der Waals surface area contributed by atoms with Crippen LogP contribution in [0.3, 0.4) is 0 Å². The number of ether oxygens (including phenoxy) is 3. The van der Waals surface area contributed by atoms with Crippen LogP contribution in [0, 0.1) is 0 Å². The quantitative estimate of drug-likeness (QED) is 0.524. The molecule has 1 aliphatic heterocycles. The van der Waals surface area contributed by atoms with E-state index < -0.39 is 0 Å². The summed E-state index contributed by atoms with van der Waals surface area (Å²) in [5.41, 5.74) is 1.07. The zero-order chi connectivity index (χ0) is 14.4. The van der Waals surface area contributed by atoms with Crippen molar-refractivity contribution in [2.75, 3.05) is 20.3 Å². The third kappa shape index (κ3) is 4.27. The maximum atomic E-state index is 6.25. The van der Waals surface area contributed by atoms with E-state index in [1.807, 2.05) is 12.1 Å². The monoisotopic (exact) mass is 362 g/mol. The molecule has 112 valence electrons. The van der Waals surface area contributed by atoms with Crippen LogP contribution in [0.5, 0.6) is 11.5 Å². The van der Waals surface area contributed by atoms with Crippen LogP contribution in [-0.2, 0) is 10.1 Å². The molecule has 3 nitrogen and oxygen atoms in total. The average molecular weight is 364 g/mol. The van der Waals surface area contributed by atoms with Crippen molar-refractivity contribution in [1.82, 2.24) is 0 Å². The maximum absolute atomic E-state index is 6.25. The summed E-state index contributed by atoms with van der Waals surface area (Å²) in [6.07, 6.45) is 4.76. The summed E-state index contributed by atoms with van der Waals surface area (Å²) < 4.78 is 16.7. The Labute approximate surface area is 133 Å². The molecule has 0 radical (unpaired) electrons. The van der Waals surface area contributed by atoms with E-state index in [0.717, 1.165) is 30.3 Å². The van der Waals surface area contributed by atoms with Crippen molar-refractivity contribution in [2.24, 2.45) is 0 Å². The van der Waals surface area contributed by atoms with Crippen molar-refractivity contribution in [3.63, 3.8) is 0 Å². The van der Waals surface area contributed by atoms with Crippen LogP contribution in [0.2, 0.25) is 5.02 Å². The first-order valence-electron chi connectivity index (χ1n) is 6.91. The Morgan fingerprint density at radius 3 is 2.95 bits per heavy atom. The number of hydrogen-bond acceptors (Lipinski definition) is 3. The van der Waals surface area contributed by atoms with Crippen LogP contribution < -0.4 is 9.47 Å². The van der Waals surface area contributed by atoms with Gasteiger partial charge in [0.05, 0.1) is 24.8 Å². The normalized spacial score (nSPS) is 18.2. The SMILES string of the molecule is COc1cc(CBr)cc(Cl)c1OCCCC1CCCO1. The molecule has 0 N–H and O–H groups in total. The summed E-state index contributed by atoms with van der Waals surface area (Å²) in [6, 6.07) is 3.84. The van der Waals surface area contributed by atoms with Gasteiger partial charge in [0.25, 0.3) is 0 Å². The van der Waals surface area contributed by atoms with Crippen molar-refractivity contribution >= 4 is 27.5 Å². The molecule has 0 aliphatic carbocycles. The molecule has 1 aliphatic rings. The number of benzene rings is 1. The summed E-state index contributed by atoms with van der Waals surface area (Å²) >= 11 is 9.66. The molecule has 0 aromatic heterocycles. The van der Waals surface area contributed by atoms with Crippen LogP contribution in [0.1, 0.15) is 31.2 Å². The van der Waals surface area contributed by atoms with Gasteiger partial charge in [-0.2, -0.15) is 0 Å². The van der Waals surface area contributed by atoms with Gasteiger partial charge in [-0.3, -0.25) is 0 Å². The standard InChI is InChI=1S/C15H20BrClO3/c1-18-14-9-11(10-16)8-13(17)15(14)20-7-3-5-12-4-2-6-19-12/h8-9,12H,2-7,10H2,1H3. The highest BCUT2D eigenvalue weighted by atomic mass is 79.9. The molecule has 0 bridgehead atoms. The van der Waals surface area contributed by atoms with Gasteiger partial charge in [-0.05, 0) is 43.4 Å². The van der Waals surface area contributed by atoms with E-state index in [1.165, 1.54) is 12.8 Å². The molecule has 1 atom stereocenters. The van der Waals surface area contributed by atoms with Gasteiger partial charge in [-0.1, -0.05) is 27.5 Å². The van der Waals surface area contributed by atoms with Crippen LogP contribution in [0.15, 0.2) is 12.1 Å². The first-order valence-corrected chi connectivity index (χ1v) is 8.41. The highest BCUT2D eigenvalue weighted by Crippen LogP contribution is 2.37. The summed E-state index contributed by atoms with van der Waals surface area (Å²) in [7, 11) is 1.63. The molecule has 1 saturated heterocycles. The second-order valence-corrected chi connectivity index (χ2v) is 5.84. The Hall–Kier alpha value is -0.450. The van der Waals surface area contributed by atoms with Gasteiger partial charge in [0, 0.05) is 11.9 Å². The summed E-state index contributed by atoms with van der Waals surface area (Å²) in [5.74, 6) is 1.32. The van der Waals surface area contributed by atoms with Crippen molar-refractivity contribution in [3.05, 3.63) is 22.7 Å². The van der Waals surface area contributed by atoms with Crippen molar-refractivity contribution in [2.45, 2.75) is 37.1 Å². The lowest BCUT2D eigenvalue weighted by atomic mass is 10.1. The molecule has 1 fully saturated rings. The second-order valence-electron chi connectivity index (χ2n) is 4.87. The predicted octanol–water partition coefficient (Wildman–Crippen LogP) is 4.58. The molecule has 0 saturated carbocycles. The molecule has 0 amide bonds. The lowest BCUT2D eigenvalue weighted by Crippen LogP contribution is -2.08. The molecular formula is C15H20BrClO3. The van der Waals surface area contributed by atoms with E-state index in [0.29, 0.717) is 29.2 Å². The Morgan fingerprint density at radius 1 is 1.45 bits per heavy atom. The van der Waals surface area contributed by atoms with Crippen LogP contribution in [0.4, 0.5) is 0 Å². The maximum Gasteiger partial charge on any atom is 0.179 e. The van der Waals surface area contributed by atoms with E-state index in [9.17, 15) is 0 Å². The highest BCUT2D eigenvalue weighted by molar-refractivity contribution is 9.08. The second kappa shape index (κ2) is 8.11. The number of halogens is 2. The van der Waals surface area contributed by atoms with Crippen molar-refractivity contribution in [3.8, 4) is 11.5 Å². The fraction of sp³-hybridized carbons (Fsp3) is 0.600. The van der Waals surface area contributed by atoms with Gasteiger partial charge in [0.15, 0.2) is 11.5 Å². The van der Waals surface area contributed by atoms with E-state index >= 15 is 0 Å². The fourth-order valence-corrected chi connectivity index (χ4v) is 2.96. The number of methoxy groups -OCH3 is 1. The number of alkyl halides is 1. The molecule has 1 aromatic rings. The molecule has 1 unspecified atom stereocenters. The van der Waals surface area contributed by atoms with Crippen LogP contribution in [0.25, 0.3) is 0 Å². The van der Waals surface area contributed by atoms with Crippen LogP contribution in [-0.4, -0.2) is 26.4 Å². The van der Waals surface area contributed by atoms with E-state index in [2.05, 4.69) is 15.9 Å². The molecule has 1 aromatic carbocycles. The van der Waals surface area contributed by atoms with Gasteiger partial charge >= 0.3 is 0 Å². The number of rotatable bonds is 7. The van der Waals surface area contributed by atoms with Gasteiger partial charge in [0.1, 0.15) is 0 Å². The minimum Gasteiger partial charge on any atom is -0.493 e. The Kier molecular flexibility index (Phi) is 6.46. The first-order chi connectivity index (χ1) is 9.74. The van der Waals surface area contributed by atoms with Gasteiger partial charge in [-0.25, -0.2) is 0 Å². The lowest BCUT2D eigenvalue weighted by Gasteiger charge is -2.14. The third-order valence-electron chi connectivity index (χ3n) is 3.38. The highest BCUT2D eigenvalue weighted by Gasteiger charge is 2.16. The zero-order valence-electron chi connectivity index (χ0n) is 11.7. The predicted molar refractivity (Wildman–Crippen MR) is 84.3 cm³/mol. The number of hydrogen-bond donors (Lipinski definition) is 0. The smallest absolute Gasteiger partial charge is 0.179 e. The van der Waals surface area contributed by atoms with Crippen LogP contribution >= 0.6 is 27.5 Å². The summed E-state index contributed by atoms with van der Waals surface area (Å²) in [6.45, 7) is 1.53. The van der Waals surface area contributed by atoms with Gasteiger partial charge in [0.2, 0.25) is 0 Å². The topological polar surface area (TPSA) is 27.7 Å². The third-order valence-corrected chi connectivity index (χ3v) is 4.31. The van der Waals surface area contributed by atoms with Gasteiger partial charge < -0.3 is 14.2 Å². The minimum atomic E-state index is 0.409. The minimum absolute atomic E-state index is 0.409.